The molecule has 8 rings (SSSR count). The second-order valence-electron chi connectivity index (χ2n) is 13.6. The van der Waals surface area contributed by atoms with Gasteiger partial charge in [0.25, 0.3) is 0 Å². The van der Waals surface area contributed by atoms with Gasteiger partial charge in [-0.05, 0) is 195 Å². The van der Waals surface area contributed by atoms with E-state index in [-0.39, 0.29) is 21.7 Å². The van der Waals surface area contributed by atoms with Gasteiger partial charge >= 0.3 is 0 Å². The van der Waals surface area contributed by atoms with Gasteiger partial charge in [0, 0.05) is 0 Å². The molecule has 0 spiro atoms. The predicted molar refractivity (Wildman–Crippen MR) is 197 cm³/mol. The van der Waals surface area contributed by atoms with E-state index in [1.807, 2.05) is 0 Å². The van der Waals surface area contributed by atoms with Crippen molar-refractivity contribution in [3.05, 3.63) is 113 Å². The van der Waals surface area contributed by atoms with Crippen LogP contribution in [0, 0.1) is 0 Å². The SMILES string of the molecule is COc1ccc(C23CC4(c5ccc(OC)c(Br)c5)CC(c5ccc(OC)c(Br)c5)(C2)CC(c2ccc(OC)c(Br)c2)(C3)C4)cc1Br. The van der Waals surface area contributed by atoms with Gasteiger partial charge in [-0.2, -0.15) is 0 Å². The predicted octanol–water partition coefficient (Wildman–Crippen LogP) is 11.2. The molecule has 0 aromatic heterocycles. The highest BCUT2D eigenvalue weighted by molar-refractivity contribution is 9.11. The fourth-order valence-electron chi connectivity index (χ4n) is 9.85. The van der Waals surface area contributed by atoms with Gasteiger partial charge in [0.1, 0.15) is 23.0 Å². The molecule has 4 aliphatic rings. The number of methoxy groups -OCH3 is 4. The molecule has 4 bridgehead atoms. The number of halogens is 4. The molecule has 46 heavy (non-hydrogen) atoms. The van der Waals surface area contributed by atoms with Crippen LogP contribution >= 0.6 is 63.7 Å². The van der Waals surface area contributed by atoms with E-state index in [1.54, 1.807) is 28.4 Å². The van der Waals surface area contributed by atoms with Gasteiger partial charge in [-0.25, -0.2) is 0 Å². The minimum absolute atomic E-state index is 0.0885. The Kier molecular flexibility index (Phi) is 8.38. The molecule has 4 saturated carbocycles. The minimum atomic E-state index is -0.0885. The van der Waals surface area contributed by atoms with Crippen molar-refractivity contribution in [2.24, 2.45) is 0 Å². The highest BCUT2D eigenvalue weighted by Crippen LogP contribution is 2.75. The zero-order valence-electron chi connectivity index (χ0n) is 26.3. The van der Waals surface area contributed by atoms with Crippen molar-refractivity contribution in [2.75, 3.05) is 28.4 Å². The van der Waals surface area contributed by atoms with Crippen LogP contribution in [0.15, 0.2) is 90.7 Å². The summed E-state index contributed by atoms with van der Waals surface area (Å²) in [6.07, 6.45) is 6.39. The smallest absolute Gasteiger partial charge is 0.133 e. The highest BCUT2D eigenvalue weighted by atomic mass is 79.9. The first-order valence-electron chi connectivity index (χ1n) is 15.4. The molecule has 0 N–H and O–H groups in total. The largest absolute Gasteiger partial charge is 0.496 e. The van der Waals surface area contributed by atoms with Crippen molar-refractivity contribution in [3.8, 4) is 23.0 Å². The molecule has 4 nitrogen and oxygen atoms in total. The molecule has 4 aromatic rings. The van der Waals surface area contributed by atoms with Crippen LogP contribution in [0.25, 0.3) is 0 Å². The molecule has 4 aromatic carbocycles. The first kappa shape index (κ1) is 32.5. The molecule has 0 heterocycles. The van der Waals surface area contributed by atoms with Gasteiger partial charge in [-0.1, -0.05) is 24.3 Å². The number of benzene rings is 4. The molecule has 240 valence electrons. The number of ether oxygens (including phenoxy) is 4. The van der Waals surface area contributed by atoms with Gasteiger partial charge in [-0.3, -0.25) is 0 Å². The fraction of sp³-hybridized carbons (Fsp3) is 0.368. The lowest BCUT2D eigenvalue weighted by Gasteiger charge is -2.71. The summed E-state index contributed by atoms with van der Waals surface area (Å²) in [4.78, 5) is 0. The van der Waals surface area contributed by atoms with E-state index < -0.39 is 0 Å². The van der Waals surface area contributed by atoms with Crippen molar-refractivity contribution in [2.45, 2.75) is 60.2 Å². The lowest BCUT2D eigenvalue weighted by Crippen LogP contribution is -2.67. The molecule has 0 amide bonds. The quantitative estimate of drug-likeness (QED) is 0.177. The zero-order valence-corrected chi connectivity index (χ0v) is 32.7. The van der Waals surface area contributed by atoms with Gasteiger partial charge < -0.3 is 18.9 Å². The van der Waals surface area contributed by atoms with Crippen LogP contribution in [0.4, 0.5) is 0 Å². The minimum Gasteiger partial charge on any atom is -0.496 e. The lowest BCUT2D eigenvalue weighted by molar-refractivity contribution is -0.0692. The Morgan fingerprint density at radius 2 is 0.565 bits per heavy atom. The summed E-state index contributed by atoms with van der Waals surface area (Å²) in [6, 6.07) is 27.0. The van der Waals surface area contributed by atoms with Crippen molar-refractivity contribution in [1.82, 2.24) is 0 Å². The van der Waals surface area contributed by atoms with Gasteiger partial charge in [-0.15, -0.1) is 0 Å². The van der Waals surface area contributed by atoms with Crippen LogP contribution in [-0.4, -0.2) is 28.4 Å². The van der Waals surface area contributed by atoms with Crippen LogP contribution < -0.4 is 18.9 Å². The molecular weight excluding hydrogens is 840 g/mol. The number of hydrogen-bond donors (Lipinski definition) is 0. The molecule has 0 aliphatic heterocycles. The highest BCUT2D eigenvalue weighted by Gasteiger charge is 2.69. The summed E-state index contributed by atoms with van der Waals surface area (Å²) in [5.41, 5.74) is 5.11. The lowest BCUT2D eigenvalue weighted by atomic mass is 9.32. The molecule has 4 fully saturated rings. The first-order valence-corrected chi connectivity index (χ1v) is 18.6. The third-order valence-corrected chi connectivity index (χ3v) is 13.6. The van der Waals surface area contributed by atoms with Gasteiger partial charge in [0.05, 0.1) is 46.3 Å². The van der Waals surface area contributed by atoms with E-state index in [0.717, 1.165) is 79.4 Å². The molecule has 4 aliphatic carbocycles. The average Bonchev–Trinajstić information content (AvgIpc) is 3.04. The van der Waals surface area contributed by atoms with Crippen LogP contribution in [0.1, 0.15) is 60.8 Å². The third-order valence-electron chi connectivity index (χ3n) is 11.1. The normalized spacial score (nSPS) is 27.8. The Morgan fingerprint density at radius 3 is 0.717 bits per heavy atom. The zero-order chi connectivity index (χ0) is 32.5. The van der Waals surface area contributed by atoms with E-state index in [2.05, 4.69) is 137 Å². The van der Waals surface area contributed by atoms with Crippen LogP contribution in [0.3, 0.4) is 0 Å². The van der Waals surface area contributed by atoms with Gasteiger partial charge in [0.2, 0.25) is 0 Å². The monoisotopic (exact) mass is 872 g/mol. The average molecular weight is 876 g/mol. The van der Waals surface area contributed by atoms with E-state index in [9.17, 15) is 0 Å². The van der Waals surface area contributed by atoms with E-state index in [0.29, 0.717) is 0 Å². The summed E-state index contributed by atoms with van der Waals surface area (Å²) in [7, 11) is 6.92. The fourth-order valence-corrected chi connectivity index (χ4v) is 12.0. The van der Waals surface area contributed by atoms with Crippen molar-refractivity contribution in [3.63, 3.8) is 0 Å². The van der Waals surface area contributed by atoms with E-state index in [1.165, 1.54) is 22.3 Å². The Morgan fingerprint density at radius 1 is 0.370 bits per heavy atom. The van der Waals surface area contributed by atoms with Crippen molar-refractivity contribution in [1.29, 1.82) is 0 Å². The summed E-state index contributed by atoms with van der Waals surface area (Å²) in [6.45, 7) is 0. The van der Waals surface area contributed by atoms with E-state index in [4.69, 9.17) is 18.9 Å². The van der Waals surface area contributed by atoms with Crippen LogP contribution in [-0.2, 0) is 21.7 Å². The first-order chi connectivity index (χ1) is 22.0. The number of rotatable bonds is 8. The Labute approximate surface area is 305 Å². The summed E-state index contributed by atoms with van der Waals surface area (Å²) >= 11 is 15.4. The maximum Gasteiger partial charge on any atom is 0.133 e. The van der Waals surface area contributed by atoms with Crippen LogP contribution in [0.2, 0.25) is 0 Å². The topological polar surface area (TPSA) is 36.9 Å². The molecule has 8 heteroatoms. The molecule has 0 saturated heterocycles. The third kappa shape index (κ3) is 5.07. The van der Waals surface area contributed by atoms with Crippen LogP contribution in [0.5, 0.6) is 23.0 Å². The molecule has 0 radical (unpaired) electrons. The Bertz CT molecular complexity index is 1540. The van der Waals surface area contributed by atoms with Crippen molar-refractivity contribution >= 4 is 63.7 Å². The maximum atomic E-state index is 5.69. The molecular formula is C38H36Br4O4. The Balaban J connectivity index is 1.52. The summed E-state index contributed by atoms with van der Waals surface area (Å²) in [5.74, 6) is 3.41. The van der Waals surface area contributed by atoms with Crippen molar-refractivity contribution < 1.29 is 18.9 Å². The Hall–Kier alpha value is -2.00. The summed E-state index contributed by atoms with van der Waals surface area (Å²) < 4.78 is 26.7. The van der Waals surface area contributed by atoms with E-state index >= 15 is 0 Å². The number of hydrogen-bond acceptors (Lipinski definition) is 4. The second kappa shape index (κ2) is 11.9. The summed E-state index contributed by atoms with van der Waals surface area (Å²) in [5, 5.41) is 0. The standard InChI is InChI=1S/C38H36Br4O4/c1-43-31-9-5-23(13-27(31)39)35-17-36(24-6-10-32(44-2)28(40)14-24)20-37(18-35,25-7-11-33(45-3)29(41)15-25)22-38(19-35,21-36)26-8-12-34(46-4)30(42)16-26/h5-16H,17-22H2,1-4H3. The molecule has 0 unspecified atom stereocenters. The molecule has 0 atom stereocenters. The second-order valence-corrected chi connectivity index (χ2v) is 17.0. The van der Waals surface area contributed by atoms with Gasteiger partial charge in [0.15, 0.2) is 0 Å². The maximum absolute atomic E-state index is 5.69.